The molecule has 1 atom stereocenters. The molecular weight excluding hydrogens is 316 g/mol. The molecule has 0 saturated carbocycles. The zero-order chi connectivity index (χ0) is 15.7. The van der Waals surface area contributed by atoms with Crippen LogP contribution < -0.4 is 4.72 Å². The molecule has 0 spiro atoms. The van der Waals surface area contributed by atoms with Gasteiger partial charge in [0, 0.05) is 6.26 Å². The van der Waals surface area contributed by atoms with Crippen LogP contribution in [0.25, 0.3) is 0 Å². The fourth-order valence-corrected chi connectivity index (χ4v) is 3.48. The van der Waals surface area contributed by atoms with E-state index in [1.807, 2.05) is 0 Å². The van der Waals surface area contributed by atoms with Crippen molar-refractivity contribution in [3.05, 3.63) is 36.4 Å². The third kappa shape index (κ3) is 3.65. The van der Waals surface area contributed by atoms with Gasteiger partial charge in [-0.05, 0) is 31.2 Å². The maximum atomic E-state index is 12.2. The lowest BCUT2D eigenvalue weighted by molar-refractivity contribution is 0.560. The number of aromatic nitrogens is 3. The van der Waals surface area contributed by atoms with Gasteiger partial charge in [0.15, 0.2) is 9.84 Å². The van der Waals surface area contributed by atoms with Gasteiger partial charge in [-0.15, -0.1) is 0 Å². The van der Waals surface area contributed by atoms with Crippen molar-refractivity contribution in [1.82, 2.24) is 19.9 Å². The van der Waals surface area contributed by atoms with Gasteiger partial charge in [-0.3, -0.25) is 5.10 Å². The summed E-state index contributed by atoms with van der Waals surface area (Å²) in [6, 6.07) is 4.40. The fraction of sp³-hybridized carbons (Fsp3) is 0.273. The van der Waals surface area contributed by atoms with E-state index in [0.717, 1.165) is 6.26 Å². The van der Waals surface area contributed by atoms with Crippen molar-refractivity contribution in [2.24, 2.45) is 0 Å². The van der Waals surface area contributed by atoms with Crippen molar-refractivity contribution in [2.75, 3.05) is 6.26 Å². The second-order valence-corrected chi connectivity index (χ2v) is 8.19. The molecule has 10 heteroatoms. The van der Waals surface area contributed by atoms with Crippen molar-refractivity contribution in [3.8, 4) is 0 Å². The normalized spacial score (nSPS) is 14.0. The highest BCUT2D eigenvalue weighted by atomic mass is 32.2. The highest BCUT2D eigenvalue weighted by Crippen LogP contribution is 2.16. The van der Waals surface area contributed by atoms with E-state index in [1.54, 1.807) is 6.92 Å². The Kier molecular flexibility index (Phi) is 4.12. The first kappa shape index (κ1) is 15.6. The Morgan fingerprint density at radius 3 is 2.14 bits per heavy atom. The smallest absolute Gasteiger partial charge is 0.241 e. The molecule has 1 heterocycles. The van der Waals surface area contributed by atoms with Crippen LogP contribution in [0.5, 0.6) is 0 Å². The van der Waals surface area contributed by atoms with Gasteiger partial charge in [-0.1, -0.05) is 0 Å². The third-order valence-corrected chi connectivity index (χ3v) is 5.42. The molecule has 114 valence electrons. The van der Waals surface area contributed by atoms with Gasteiger partial charge in [0.1, 0.15) is 12.2 Å². The standard InChI is InChI=1S/C11H14N4O4S2/c1-8(11-12-7-13-14-11)15-21(18,19)10-5-3-9(4-6-10)20(2,16)17/h3-8,15H,1-2H3,(H,12,13,14). The van der Waals surface area contributed by atoms with Crippen LogP contribution in [-0.4, -0.2) is 38.3 Å². The Bertz CT molecular complexity index is 812. The average Bonchev–Trinajstić information content (AvgIpc) is 2.91. The second kappa shape index (κ2) is 5.54. The SMILES string of the molecule is CC(NS(=O)(=O)c1ccc(S(C)(=O)=O)cc1)c1ncn[nH]1. The van der Waals surface area contributed by atoms with Crippen molar-refractivity contribution < 1.29 is 16.8 Å². The second-order valence-electron chi connectivity index (χ2n) is 4.46. The molecule has 1 aromatic carbocycles. The van der Waals surface area contributed by atoms with Gasteiger partial charge in [0.25, 0.3) is 0 Å². The molecule has 2 aromatic rings. The summed E-state index contributed by atoms with van der Waals surface area (Å²) in [4.78, 5) is 3.90. The van der Waals surface area contributed by atoms with Crippen molar-refractivity contribution in [3.63, 3.8) is 0 Å². The molecule has 0 aliphatic rings. The highest BCUT2D eigenvalue weighted by Gasteiger charge is 2.20. The molecule has 1 aromatic heterocycles. The molecule has 0 amide bonds. The summed E-state index contributed by atoms with van der Waals surface area (Å²) in [5.74, 6) is 0.381. The number of hydrogen-bond acceptors (Lipinski definition) is 6. The number of rotatable bonds is 5. The van der Waals surface area contributed by atoms with Crippen LogP contribution in [0.15, 0.2) is 40.4 Å². The molecule has 0 fully saturated rings. The zero-order valence-corrected chi connectivity index (χ0v) is 12.9. The number of H-pyrrole nitrogens is 1. The molecular formula is C11H14N4O4S2. The summed E-state index contributed by atoms with van der Waals surface area (Å²) in [7, 11) is -7.14. The number of hydrogen-bond donors (Lipinski definition) is 2. The van der Waals surface area contributed by atoms with E-state index in [0.29, 0.717) is 5.82 Å². The number of sulfone groups is 1. The van der Waals surface area contributed by atoms with Crippen LogP contribution in [0, 0.1) is 0 Å². The molecule has 0 aliphatic heterocycles. The molecule has 2 rings (SSSR count). The Balaban J connectivity index is 2.24. The average molecular weight is 330 g/mol. The number of sulfonamides is 1. The van der Waals surface area contributed by atoms with Gasteiger partial charge in [-0.25, -0.2) is 26.5 Å². The summed E-state index contributed by atoms with van der Waals surface area (Å²) in [6.07, 6.45) is 2.34. The summed E-state index contributed by atoms with van der Waals surface area (Å²) < 4.78 is 49.5. The minimum Gasteiger partial charge on any atom is -0.262 e. The van der Waals surface area contributed by atoms with E-state index in [9.17, 15) is 16.8 Å². The fourth-order valence-electron chi connectivity index (χ4n) is 1.65. The number of nitrogens with zero attached hydrogens (tertiary/aromatic N) is 2. The first-order chi connectivity index (χ1) is 9.70. The number of benzene rings is 1. The lowest BCUT2D eigenvalue weighted by Gasteiger charge is -2.12. The third-order valence-electron chi connectivity index (χ3n) is 2.74. The zero-order valence-electron chi connectivity index (χ0n) is 11.3. The summed E-state index contributed by atoms with van der Waals surface area (Å²) in [5, 5.41) is 6.22. The monoisotopic (exact) mass is 330 g/mol. The van der Waals surface area contributed by atoms with E-state index in [1.165, 1.54) is 30.6 Å². The summed E-state index contributed by atoms with van der Waals surface area (Å²) in [6.45, 7) is 1.61. The molecule has 0 radical (unpaired) electrons. The van der Waals surface area contributed by atoms with E-state index >= 15 is 0 Å². The first-order valence-corrected chi connectivity index (χ1v) is 9.25. The van der Waals surface area contributed by atoms with Gasteiger partial charge < -0.3 is 0 Å². The Labute approximate surface area is 122 Å². The maximum absolute atomic E-state index is 12.2. The molecule has 0 aliphatic carbocycles. The van der Waals surface area contributed by atoms with Crippen molar-refractivity contribution >= 4 is 19.9 Å². The van der Waals surface area contributed by atoms with Crippen LogP contribution in [0.3, 0.4) is 0 Å². The van der Waals surface area contributed by atoms with Gasteiger partial charge >= 0.3 is 0 Å². The molecule has 0 saturated heterocycles. The first-order valence-electron chi connectivity index (χ1n) is 5.88. The maximum Gasteiger partial charge on any atom is 0.241 e. The predicted molar refractivity (Wildman–Crippen MR) is 74.7 cm³/mol. The van der Waals surface area contributed by atoms with E-state index < -0.39 is 25.9 Å². The summed E-state index contributed by atoms with van der Waals surface area (Å²) >= 11 is 0. The quantitative estimate of drug-likeness (QED) is 0.810. The molecule has 2 N–H and O–H groups in total. The van der Waals surface area contributed by atoms with E-state index in [4.69, 9.17) is 0 Å². The minimum absolute atomic E-state index is 0.0266. The van der Waals surface area contributed by atoms with Crippen LogP contribution in [0.1, 0.15) is 18.8 Å². The minimum atomic E-state index is -3.78. The Hall–Kier alpha value is -1.78. The van der Waals surface area contributed by atoms with Crippen molar-refractivity contribution in [1.29, 1.82) is 0 Å². The summed E-state index contributed by atoms with van der Waals surface area (Å²) in [5.41, 5.74) is 0. The van der Waals surface area contributed by atoms with Gasteiger partial charge in [0.2, 0.25) is 10.0 Å². The number of aromatic amines is 1. The van der Waals surface area contributed by atoms with Crippen LogP contribution in [0.4, 0.5) is 0 Å². The van der Waals surface area contributed by atoms with E-state index in [2.05, 4.69) is 19.9 Å². The lowest BCUT2D eigenvalue weighted by atomic mass is 10.3. The van der Waals surface area contributed by atoms with Crippen LogP contribution in [0.2, 0.25) is 0 Å². The van der Waals surface area contributed by atoms with E-state index in [-0.39, 0.29) is 9.79 Å². The van der Waals surface area contributed by atoms with Crippen molar-refractivity contribution in [2.45, 2.75) is 22.8 Å². The highest BCUT2D eigenvalue weighted by molar-refractivity contribution is 7.90. The van der Waals surface area contributed by atoms with Gasteiger partial charge in [0.05, 0.1) is 15.8 Å². The largest absolute Gasteiger partial charge is 0.262 e. The predicted octanol–water partition coefficient (Wildman–Crippen LogP) is 0.248. The van der Waals surface area contributed by atoms with Crippen LogP contribution >= 0.6 is 0 Å². The topological polar surface area (TPSA) is 122 Å². The molecule has 1 unspecified atom stereocenters. The Morgan fingerprint density at radius 1 is 1.10 bits per heavy atom. The molecule has 8 nitrogen and oxygen atoms in total. The van der Waals surface area contributed by atoms with Crippen LogP contribution in [-0.2, 0) is 19.9 Å². The number of nitrogens with one attached hydrogen (secondary N) is 2. The lowest BCUT2D eigenvalue weighted by Crippen LogP contribution is -2.27. The molecule has 21 heavy (non-hydrogen) atoms. The Morgan fingerprint density at radius 2 is 1.67 bits per heavy atom. The van der Waals surface area contributed by atoms with Gasteiger partial charge in [-0.2, -0.15) is 5.10 Å². The molecule has 0 bridgehead atoms.